The highest BCUT2D eigenvalue weighted by Crippen LogP contribution is 2.32. The standard InChI is InChI=1S/C19H17BrN4O/c1-2-25-16-9-5-13(6-10-16)17-11-18(14-3-7-15(20)8-4-14)24-19(23-17)21-12-22-24/h3-12,18H,2H2,1H3,(H,21,22,23)/t18-/m1/s1. The molecule has 5 nitrogen and oxygen atoms in total. The van der Waals surface area contributed by atoms with Gasteiger partial charge in [-0.15, -0.1) is 0 Å². The molecule has 0 unspecified atom stereocenters. The van der Waals surface area contributed by atoms with Gasteiger partial charge in [-0.25, -0.2) is 4.68 Å². The van der Waals surface area contributed by atoms with E-state index in [9.17, 15) is 0 Å². The predicted octanol–water partition coefficient (Wildman–Crippen LogP) is 4.50. The maximum atomic E-state index is 5.52. The van der Waals surface area contributed by atoms with Gasteiger partial charge in [-0.1, -0.05) is 28.1 Å². The predicted molar refractivity (Wildman–Crippen MR) is 102 cm³/mol. The Bertz CT molecular complexity index is 900. The van der Waals surface area contributed by atoms with Crippen LogP contribution in [0.5, 0.6) is 5.75 Å². The first-order chi connectivity index (χ1) is 12.2. The number of nitrogens with one attached hydrogen (secondary N) is 1. The third-order valence-corrected chi connectivity index (χ3v) is 4.62. The summed E-state index contributed by atoms with van der Waals surface area (Å²) in [5.74, 6) is 1.61. The number of allylic oxidation sites excluding steroid dienone is 1. The minimum atomic E-state index is -0.00609. The molecular weight excluding hydrogens is 380 g/mol. The molecule has 6 heteroatoms. The van der Waals surface area contributed by atoms with Crippen LogP contribution < -0.4 is 10.1 Å². The first-order valence-electron chi connectivity index (χ1n) is 8.11. The van der Waals surface area contributed by atoms with Crippen molar-refractivity contribution in [2.24, 2.45) is 0 Å². The first kappa shape index (κ1) is 15.9. The van der Waals surface area contributed by atoms with Crippen molar-refractivity contribution >= 4 is 27.6 Å². The molecule has 0 bridgehead atoms. The zero-order valence-corrected chi connectivity index (χ0v) is 15.3. The average Bonchev–Trinajstić information content (AvgIpc) is 3.11. The van der Waals surface area contributed by atoms with Gasteiger partial charge in [-0.3, -0.25) is 0 Å². The van der Waals surface area contributed by atoms with Crippen molar-refractivity contribution in [2.45, 2.75) is 13.0 Å². The number of fused-ring (bicyclic) bond motifs is 1. The van der Waals surface area contributed by atoms with E-state index in [2.05, 4.69) is 61.7 Å². The number of benzene rings is 2. The van der Waals surface area contributed by atoms with E-state index in [0.29, 0.717) is 6.61 Å². The second kappa shape index (κ2) is 6.72. The van der Waals surface area contributed by atoms with Gasteiger partial charge in [0.05, 0.1) is 6.61 Å². The van der Waals surface area contributed by atoms with Gasteiger partial charge in [-0.05, 0) is 60.5 Å². The van der Waals surface area contributed by atoms with Crippen molar-refractivity contribution in [3.05, 3.63) is 76.5 Å². The van der Waals surface area contributed by atoms with Gasteiger partial charge in [0.2, 0.25) is 5.95 Å². The highest BCUT2D eigenvalue weighted by molar-refractivity contribution is 9.10. The SMILES string of the molecule is CCOc1ccc(C2=C[C@H](c3ccc(Br)cc3)n3ncnc3N2)cc1. The summed E-state index contributed by atoms with van der Waals surface area (Å²) < 4.78 is 8.47. The van der Waals surface area contributed by atoms with Crippen molar-refractivity contribution in [1.82, 2.24) is 14.8 Å². The number of aromatic nitrogens is 3. The molecular formula is C19H17BrN4O. The normalized spacial score (nSPS) is 15.9. The zero-order valence-electron chi connectivity index (χ0n) is 13.7. The molecule has 126 valence electrons. The molecule has 3 aromatic rings. The quantitative estimate of drug-likeness (QED) is 0.705. The smallest absolute Gasteiger partial charge is 0.226 e. The fraction of sp³-hybridized carbons (Fsp3) is 0.158. The van der Waals surface area contributed by atoms with Gasteiger partial charge in [0, 0.05) is 10.2 Å². The average molecular weight is 397 g/mol. The second-order valence-electron chi connectivity index (χ2n) is 5.69. The molecule has 1 atom stereocenters. The summed E-state index contributed by atoms with van der Waals surface area (Å²) >= 11 is 3.49. The molecule has 1 aromatic heterocycles. The van der Waals surface area contributed by atoms with E-state index < -0.39 is 0 Å². The van der Waals surface area contributed by atoms with Crippen LogP contribution in [0.25, 0.3) is 5.70 Å². The molecule has 1 N–H and O–H groups in total. The molecule has 25 heavy (non-hydrogen) atoms. The topological polar surface area (TPSA) is 52.0 Å². The van der Waals surface area contributed by atoms with Gasteiger partial charge in [-0.2, -0.15) is 10.1 Å². The number of halogens is 1. The Kier molecular flexibility index (Phi) is 4.28. The maximum absolute atomic E-state index is 5.52. The minimum absolute atomic E-state index is 0.00609. The molecule has 4 rings (SSSR count). The Morgan fingerprint density at radius 2 is 1.88 bits per heavy atom. The van der Waals surface area contributed by atoms with E-state index in [-0.39, 0.29) is 6.04 Å². The Morgan fingerprint density at radius 1 is 1.12 bits per heavy atom. The Morgan fingerprint density at radius 3 is 2.60 bits per heavy atom. The second-order valence-corrected chi connectivity index (χ2v) is 6.60. The summed E-state index contributed by atoms with van der Waals surface area (Å²) in [7, 11) is 0. The lowest BCUT2D eigenvalue weighted by molar-refractivity contribution is 0.340. The molecule has 0 aliphatic carbocycles. The van der Waals surface area contributed by atoms with Crippen molar-refractivity contribution < 1.29 is 4.74 Å². The summed E-state index contributed by atoms with van der Waals surface area (Å²) in [4.78, 5) is 4.34. The third kappa shape index (κ3) is 3.17. The van der Waals surface area contributed by atoms with Gasteiger partial charge in [0.25, 0.3) is 0 Å². The van der Waals surface area contributed by atoms with Crippen LogP contribution in [0.15, 0.2) is 65.4 Å². The fourth-order valence-electron chi connectivity index (χ4n) is 2.90. The molecule has 0 fully saturated rings. The summed E-state index contributed by atoms with van der Waals surface area (Å²) in [5, 5.41) is 7.73. The summed E-state index contributed by atoms with van der Waals surface area (Å²) in [6, 6.07) is 16.3. The van der Waals surface area contributed by atoms with Crippen LogP contribution in [-0.2, 0) is 0 Å². The number of hydrogen-bond acceptors (Lipinski definition) is 4. The number of anilines is 1. The monoisotopic (exact) mass is 396 g/mol. The maximum Gasteiger partial charge on any atom is 0.226 e. The van der Waals surface area contributed by atoms with Gasteiger partial charge in [0.1, 0.15) is 18.1 Å². The van der Waals surface area contributed by atoms with Gasteiger partial charge >= 0.3 is 0 Å². The lowest BCUT2D eigenvalue weighted by Crippen LogP contribution is -2.20. The molecule has 0 amide bonds. The van der Waals surface area contributed by atoms with E-state index in [1.807, 2.05) is 35.9 Å². The van der Waals surface area contributed by atoms with Crippen molar-refractivity contribution in [2.75, 3.05) is 11.9 Å². The molecule has 0 spiro atoms. The van der Waals surface area contributed by atoms with E-state index >= 15 is 0 Å². The number of rotatable bonds is 4. The number of nitrogens with zero attached hydrogens (tertiary/aromatic N) is 3. The van der Waals surface area contributed by atoms with Crippen LogP contribution in [0.2, 0.25) is 0 Å². The molecule has 0 radical (unpaired) electrons. The molecule has 1 aliphatic rings. The molecule has 1 aliphatic heterocycles. The minimum Gasteiger partial charge on any atom is -0.494 e. The molecule has 2 heterocycles. The van der Waals surface area contributed by atoms with Gasteiger partial charge < -0.3 is 10.1 Å². The van der Waals surface area contributed by atoms with Crippen molar-refractivity contribution in [1.29, 1.82) is 0 Å². The van der Waals surface area contributed by atoms with Crippen LogP contribution >= 0.6 is 15.9 Å². The van der Waals surface area contributed by atoms with Crippen LogP contribution in [0.3, 0.4) is 0 Å². The van der Waals surface area contributed by atoms with E-state index in [0.717, 1.165) is 33.0 Å². The third-order valence-electron chi connectivity index (χ3n) is 4.10. The van der Waals surface area contributed by atoms with Gasteiger partial charge in [0.15, 0.2) is 0 Å². The van der Waals surface area contributed by atoms with E-state index in [1.165, 1.54) is 0 Å². The van der Waals surface area contributed by atoms with Crippen LogP contribution in [-0.4, -0.2) is 21.4 Å². The summed E-state index contributed by atoms with van der Waals surface area (Å²) in [6.07, 6.45) is 3.74. The van der Waals surface area contributed by atoms with Crippen molar-refractivity contribution in [3.8, 4) is 5.75 Å². The lowest BCUT2D eigenvalue weighted by atomic mass is 10.0. The lowest BCUT2D eigenvalue weighted by Gasteiger charge is -2.24. The van der Waals surface area contributed by atoms with Crippen molar-refractivity contribution in [3.63, 3.8) is 0 Å². The highest BCUT2D eigenvalue weighted by atomic mass is 79.9. The van der Waals surface area contributed by atoms with Crippen LogP contribution in [0.4, 0.5) is 5.95 Å². The molecule has 0 saturated carbocycles. The number of ether oxygens (including phenoxy) is 1. The number of hydrogen-bond donors (Lipinski definition) is 1. The molecule has 0 saturated heterocycles. The Hall–Kier alpha value is -2.60. The van der Waals surface area contributed by atoms with Crippen LogP contribution in [0.1, 0.15) is 24.1 Å². The van der Waals surface area contributed by atoms with Crippen LogP contribution in [0, 0.1) is 0 Å². The Labute approximate surface area is 154 Å². The first-order valence-corrected chi connectivity index (χ1v) is 8.91. The van der Waals surface area contributed by atoms with E-state index in [4.69, 9.17) is 4.74 Å². The van der Waals surface area contributed by atoms with E-state index in [1.54, 1.807) is 6.33 Å². The highest BCUT2D eigenvalue weighted by Gasteiger charge is 2.23. The molecule has 2 aromatic carbocycles. The summed E-state index contributed by atoms with van der Waals surface area (Å²) in [6.45, 7) is 2.64. The Balaban J connectivity index is 1.72. The fourth-order valence-corrected chi connectivity index (χ4v) is 3.16. The zero-order chi connectivity index (χ0) is 17.2. The largest absolute Gasteiger partial charge is 0.494 e. The summed E-state index contributed by atoms with van der Waals surface area (Å²) in [5.41, 5.74) is 3.25.